The van der Waals surface area contributed by atoms with E-state index in [1.54, 1.807) is 0 Å². The Morgan fingerprint density at radius 1 is 1.28 bits per heavy atom. The maximum Gasteiger partial charge on any atom is 0.256 e. The number of thiophene rings is 1. The molecule has 3 aromatic rings. The highest BCUT2D eigenvalue weighted by atomic mass is 79.9. The molecule has 0 spiro atoms. The van der Waals surface area contributed by atoms with Crippen molar-refractivity contribution in [3.63, 3.8) is 0 Å². The summed E-state index contributed by atoms with van der Waals surface area (Å²) in [6.45, 7) is 0. The van der Waals surface area contributed by atoms with Crippen molar-refractivity contribution in [2.45, 2.75) is 0 Å². The van der Waals surface area contributed by atoms with Gasteiger partial charge in [-0.3, -0.25) is 0 Å². The molecule has 0 saturated carbocycles. The summed E-state index contributed by atoms with van der Waals surface area (Å²) >= 11 is 10.8. The first-order valence-corrected chi connectivity index (χ1v) is 6.79. The third-order valence-electron chi connectivity index (χ3n) is 2.04. The van der Waals surface area contributed by atoms with Crippen LogP contribution in [-0.2, 0) is 0 Å². The molecule has 0 radical (unpaired) electrons. The largest absolute Gasteiger partial charge is 0.256 e. The lowest BCUT2D eigenvalue weighted by atomic mass is 10.4. The van der Waals surface area contributed by atoms with E-state index in [2.05, 4.69) is 41.0 Å². The van der Waals surface area contributed by atoms with Crippen LogP contribution in [0.25, 0.3) is 16.6 Å². The second kappa shape index (κ2) is 4.71. The number of hydrogen-bond donors (Lipinski definition) is 0. The third-order valence-corrected chi connectivity index (χ3v) is 4.04. The van der Waals surface area contributed by atoms with Crippen LogP contribution in [0, 0.1) is 0 Å². The normalized spacial score (nSPS) is 10.8. The van der Waals surface area contributed by atoms with Crippen LogP contribution in [0.5, 0.6) is 0 Å². The molecular weight excluding hydrogens is 340 g/mol. The van der Waals surface area contributed by atoms with Crippen molar-refractivity contribution in [1.29, 1.82) is 0 Å². The Kier molecular flexibility index (Phi) is 3.06. The van der Waals surface area contributed by atoms with Gasteiger partial charge in [0.05, 0.1) is 4.88 Å². The van der Waals surface area contributed by atoms with E-state index >= 15 is 0 Å². The minimum Gasteiger partial charge on any atom is -0.223 e. The molecule has 3 aromatic heterocycles. The molecule has 0 aliphatic heterocycles. The molecule has 0 saturated heterocycles. The summed E-state index contributed by atoms with van der Waals surface area (Å²) in [6.07, 6.45) is 2.90. The maximum atomic E-state index is 5.90. The van der Waals surface area contributed by atoms with E-state index in [0.29, 0.717) is 11.8 Å². The van der Waals surface area contributed by atoms with Crippen molar-refractivity contribution in [3.05, 3.63) is 33.9 Å². The van der Waals surface area contributed by atoms with Crippen LogP contribution in [0.1, 0.15) is 0 Å². The number of halogens is 2. The summed E-state index contributed by atoms with van der Waals surface area (Å²) in [7, 11) is 0. The first kappa shape index (κ1) is 11.7. The molecule has 6 nitrogen and oxygen atoms in total. The molecule has 0 aliphatic carbocycles. The van der Waals surface area contributed by atoms with Crippen molar-refractivity contribution >= 4 is 38.9 Å². The van der Waals surface area contributed by atoms with Gasteiger partial charge >= 0.3 is 0 Å². The lowest BCUT2D eigenvalue weighted by molar-refractivity contribution is 0.796. The quantitative estimate of drug-likeness (QED) is 0.715. The van der Waals surface area contributed by atoms with Gasteiger partial charge in [-0.05, 0) is 39.0 Å². The average Bonchev–Trinajstić information content (AvgIpc) is 2.98. The number of hydrogen-bond acceptors (Lipinski definition) is 6. The van der Waals surface area contributed by atoms with Gasteiger partial charge in [0.15, 0.2) is 5.82 Å². The van der Waals surface area contributed by atoms with Crippen LogP contribution in [0.3, 0.4) is 0 Å². The van der Waals surface area contributed by atoms with Crippen LogP contribution in [-0.4, -0.2) is 29.7 Å². The lowest BCUT2D eigenvalue weighted by Gasteiger charge is -2.02. The molecule has 0 aliphatic rings. The number of rotatable bonds is 2. The van der Waals surface area contributed by atoms with Gasteiger partial charge in [-0.1, -0.05) is 0 Å². The Bertz CT molecular complexity index is 682. The number of nitrogens with zero attached hydrogens (tertiary/aromatic N) is 6. The highest BCUT2D eigenvalue weighted by molar-refractivity contribution is 9.10. The molecule has 3 heterocycles. The molecule has 0 unspecified atom stereocenters. The molecular formula is C9H4BrClN6S. The first-order valence-electron chi connectivity index (χ1n) is 4.74. The first-order chi connectivity index (χ1) is 8.74. The van der Waals surface area contributed by atoms with Crippen molar-refractivity contribution in [2.75, 3.05) is 0 Å². The number of aromatic nitrogens is 6. The van der Waals surface area contributed by atoms with E-state index < -0.39 is 0 Å². The monoisotopic (exact) mass is 342 g/mol. The molecule has 9 heteroatoms. The minimum absolute atomic E-state index is 0.116. The summed E-state index contributed by atoms with van der Waals surface area (Å²) in [5.74, 6) is 0.838. The maximum absolute atomic E-state index is 5.90. The zero-order chi connectivity index (χ0) is 12.5. The van der Waals surface area contributed by atoms with E-state index in [1.807, 2.05) is 11.4 Å². The fourth-order valence-electron chi connectivity index (χ4n) is 1.31. The smallest absolute Gasteiger partial charge is 0.223 e. The third kappa shape index (κ3) is 2.14. The van der Waals surface area contributed by atoms with Gasteiger partial charge in [0.2, 0.25) is 5.28 Å². The molecule has 0 fully saturated rings. The second-order valence-corrected chi connectivity index (χ2v) is 5.27. The summed E-state index contributed by atoms with van der Waals surface area (Å²) in [5, 5.41) is 6.01. The predicted molar refractivity (Wildman–Crippen MR) is 70.8 cm³/mol. The minimum atomic E-state index is 0.116. The fourth-order valence-corrected chi connectivity index (χ4v) is 2.95. The van der Waals surface area contributed by atoms with E-state index in [0.717, 1.165) is 9.35 Å². The van der Waals surface area contributed by atoms with E-state index in [9.17, 15) is 0 Å². The Labute approximate surface area is 119 Å². The molecule has 0 aromatic carbocycles. The van der Waals surface area contributed by atoms with Gasteiger partial charge in [0.25, 0.3) is 5.95 Å². The van der Waals surface area contributed by atoms with Crippen molar-refractivity contribution in [2.24, 2.45) is 0 Å². The average molecular weight is 344 g/mol. The van der Waals surface area contributed by atoms with E-state index in [4.69, 9.17) is 11.6 Å². The van der Waals surface area contributed by atoms with Crippen LogP contribution in [0.4, 0.5) is 0 Å². The standard InChI is InChI=1S/C9H4BrClN6S/c10-5-1-2-18-6(5)7-14-8(11)16-9(15-7)17-4-12-3-13-17/h1-4H. The Morgan fingerprint density at radius 2 is 2.17 bits per heavy atom. The van der Waals surface area contributed by atoms with Crippen molar-refractivity contribution in [1.82, 2.24) is 29.7 Å². The molecule has 0 N–H and O–H groups in total. The molecule has 0 amide bonds. The van der Waals surface area contributed by atoms with Gasteiger partial charge in [-0.15, -0.1) is 11.3 Å². The highest BCUT2D eigenvalue weighted by Crippen LogP contribution is 2.31. The predicted octanol–water partition coefficient (Wildman–Crippen LogP) is 2.60. The molecule has 0 atom stereocenters. The summed E-state index contributed by atoms with van der Waals surface area (Å²) in [5.41, 5.74) is 0. The Hall–Kier alpha value is -1.38. The molecule has 3 rings (SSSR count). The molecule has 18 heavy (non-hydrogen) atoms. The van der Waals surface area contributed by atoms with Gasteiger partial charge in [-0.25, -0.2) is 4.98 Å². The van der Waals surface area contributed by atoms with Crippen molar-refractivity contribution in [3.8, 4) is 16.6 Å². The van der Waals surface area contributed by atoms with Crippen LogP contribution in [0.2, 0.25) is 5.28 Å². The van der Waals surface area contributed by atoms with Gasteiger partial charge in [0.1, 0.15) is 12.7 Å². The van der Waals surface area contributed by atoms with E-state index in [1.165, 1.54) is 28.7 Å². The van der Waals surface area contributed by atoms with Crippen molar-refractivity contribution < 1.29 is 0 Å². The summed E-state index contributed by atoms with van der Waals surface area (Å²) in [6, 6.07) is 1.92. The second-order valence-electron chi connectivity index (χ2n) is 3.17. The zero-order valence-electron chi connectivity index (χ0n) is 8.66. The SMILES string of the molecule is Clc1nc(-c2sccc2Br)nc(-n2cncn2)n1. The topological polar surface area (TPSA) is 69.4 Å². The molecule has 90 valence electrons. The lowest BCUT2D eigenvalue weighted by Crippen LogP contribution is -2.04. The highest BCUT2D eigenvalue weighted by Gasteiger charge is 2.12. The van der Waals surface area contributed by atoms with Gasteiger partial charge in [0, 0.05) is 4.47 Å². The Morgan fingerprint density at radius 3 is 2.83 bits per heavy atom. The summed E-state index contributed by atoms with van der Waals surface area (Å²) < 4.78 is 2.35. The van der Waals surface area contributed by atoms with Gasteiger partial charge in [-0.2, -0.15) is 24.7 Å². The molecule has 0 bridgehead atoms. The van der Waals surface area contributed by atoms with Crippen LogP contribution in [0.15, 0.2) is 28.6 Å². The zero-order valence-corrected chi connectivity index (χ0v) is 11.8. The van der Waals surface area contributed by atoms with E-state index in [-0.39, 0.29) is 5.28 Å². The Balaban J connectivity index is 2.15. The summed E-state index contributed by atoms with van der Waals surface area (Å²) in [4.78, 5) is 17.2. The van der Waals surface area contributed by atoms with Crippen LogP contribution < -0.4 is 0 Å². The fraction of sp³-hybridized carbons (Fsp3) is 0. The van der Waals surface area contributed by atoms with Crippen LogP contribution >= 0.6 is 38.9 Å². The van der Waals surface area contributed by atoms with Gasteiger partial charge < -0.3 is 0 Å².